The molecule has 264 valence electrons. The smallest absolute Gasteiger partial charge is 0.410 e. The lowest BCUT2D eigenvalue weighted by Gasteiger charge is -2.43. The number of hydrogen-bond donors (Lipinski definition) is 1. The number of likely N-dealkylation sites (tertiary alicyclic amines) is 2. The van der Waals surface area contributed by atoms with Gasteiger partial charge < -0.3 is 19.9 Å². The molecule has 2 aromatic rings. The second-order valence-electron chi connectivity index (χ2n) is 14.5. The number of rotatable bonds is 10. The third kappa shape index (κ3) is 7.67. The minimum atomic E-state index is -4.06. The number of halogens is 1. The van der Waals surface area contributed by atoms with Gasteiger partial charge in [0, 0.05) is 42.7 Å². The highest BCUT2D eigenvalue weighted by Crippen LogP contribution is 2.45. The second-order valence-corrected chi connectivity index (χ2v) is 16.8. The predicted molar refractivity (Wildman–Crippen MR) is 191 cm³/mol. The van der Waals surface area contributed by atoms with Crippen LogP contribution < -0.4 is 9.62 Å². The number of anilines is 1. The molecule has 1 unspecified atom stereocenters. The standard InChI is InChI=1S/C37H47ClN4O6S/c1-6-18-36(19-10-22-40(25-36)34(45)48-35(3,4)5)33(44)41-24-28-12-9-20-37(28,26-41)39-32(43)27-11-8-13-31(23-27)49(46,47)42(21-7-2)30-16-14-29(38)15-17-30/h6-8,11,13-17,23,28H,1-2,9-10,12,18-22,24-26H2,3-5H3,(H,39,43)/t28-,36?,37-/m0/s1. The fraction of sp³-hybridized carbons (Fsp3) is 0.486. The number of fused-ring (bicyclic) bond motifs is 1. The van der Waals surface area contributed by atoms with Gasteiger partial charge in [0.15, 0.2) is 0 Å². The molecule has 3 amide bonds. The zero-order chi connectivity index (χ0) is 35.6. The van der Waals surface area contributed by atoms with Crippen molar-refractivity contribution < 1.29 is 27.5 Å². The van der Waals surface area contributed by atoms with Crippen molar-refractivity contribution in [1.82, 2.24) is 15.1 Å². The summed E-state index contributed by atoms with van der Waals surface area (Å²) < 4.78 is 34.5. The van der Waals surface area contributed by atoms with Gasteiger partial charge in [-0.05, 0) is 95.3 Å². The molecule has 12 heteroatoms. The molecule has 10 nitrogen and oxygen atoms in total. The summed E-state index contributed by atoms with van der Waals surface area (Å²) in [5.41, 5.74) is -1.49. The highest BCUT2D eigenvalue weighted by molar-refractivity contribution is 7.92. The summed E-state index contributed by atoms with van der Waals surface area (Å²) in [4.78, 5) is 44.7. The van der Waals surface area contributed by atoms with Gasteiger partial charge in [0.05, 0.1) is 28.1 Å². The van der Waals surface area contributed by atoms with Crippen LogP contribution in [-0.4, -0.2) is 80.0 Å². The number of allylic oxidation sites excluding steroid dienone is 1. The Labute approximate surface area is 295 Å². The normalized spacial score (nSPS) is 23.8. The number of piperidine rings is 1. The molecule has 2 saturated heterocycles. The minimum absolute atomic E-state index is 0.0257. The topological polar surface area (TPSA) is 116 Å². The summed E-state index contributed by atoms with van der Waals surface area (Å²) in [6.07, 6.45) is 6.99. The first-order chi connectivity index (χ1) is 23.1. The average Bonchev–Trinajstić information content (AvgIpc) is 3.60. The van der Waals surface area contributed by atoms with Crippen LogP contribution in [0.3, 0.4) is 0 Å². The van der Waals surface area contributed by atoms with Crippen LogP contribution in [0.5, 0.6) is 0 Å². The van der Waals surface area contributed by atoms with E-state index in [2.05, 4.69) is 18.5 Å². The number of ether oxygens (including phenoxy) is 1. The average molecular weight is 711 g/mol. The van der Waals surface area contributed by atoms with E-state index in [-0.39, 0.29) is 35.4 Å². The van der Waals surface area contributed by atoms with Gasteiger partial charge in [-0.15, -0.1) is 13.2 Å². The van der Waals surface area contributed by atoms with E-state index < -0.39 is 38.6 Å². The maximum Gasteiger partial charge on any atom is 0.410 e. The van der Waals surface area contributed by atoms with E-state index in [1.165, 1.54) is 22.5 Å². The zero-order valence-electron chi connectivity index (χ0n) is 28.6. The van der Waals surface area contributed by atoms with Crippen LogP contribution in [0.1, 0.15) is 69.7 Å². The molecular formula is C37H47ClN4O6S. The Kier molecular flexibility index (Phi) is 10.6. The number of benzene rings is 2. The molecule has 1 N–H and O–H groups in total. The van der Waals surface area contributed by atoms with Crippen molar-refractivity contribution in [2.24, 2.45) is 11.3 Å². The van der Waals surface area contributed by atoms with Crippen molar-refractivity contribution >= 4 is 45.2 Å². The number of nitrogens with zero attached hydrogens (tertiary/aromatic N) is 3. The minimum Gasteiger partial charge on any atom is -0.444 e. The fourth-order valence-corrected chi connectivity index (χ4v) is 9.20. The lowest BCUT2D eigenvalue weighted by molar-refractivity contribution is -0.144. The van der Waals surface area contributed by atoms with Crippen molar-refractivity contribution in [3.63, 3.8) is 0 Å². The highest BCUT2D eigenvalue weighted by atomic mass is 35.5. The molecule has 2 aromatic carbocycles. The van der Waals surface area contributed by atoms with Crippen LogP contribution in [0.25, 0.3) is 0 Å². The molecule has 2 aliphatic heterocycles. The van der Waals surface area contributed by atoms with E-state index in [9.17, 15) is 22.8 Å². The van der Waals surface area contributed by atoms with Gasteiger partial charge in [-0.25, -0.2) is 13.2 Å². The van der Waals surface area contributed by atoms with Gasteiger partial charge >= 0.3 is 6.09 Å². The van der Waals surface area contributed by atoms with Crippen LogP contribution in [0, 0.1) is 11.3 Å². The van der Waals surface area contributed by atoms with Crippen molar-refractivity contribution in [3.05, 3.63) is 84.4 Å². The van der Waals surface area contributed by atoms with Crippen molar-refractivity contribution in [2.75, 3.05) is 37.0 Å². The SMILES string of the molecule is C=CCN(c1ccc(Cl)cc1)S(=O)(=O)c1cccc(C(=O)N[C@]23CCC[C@H]2CN(C(=O)C2(CC=C)CCCN(C(=O)OC(C)(C)C)C2)C3)c1. The first-order valence-electron chi connectivity index (χ1n) is 16.8. The van der Waals surface area contributed by atoms with Crippen molar-refractivity contribution in [2.45, 2.75) is 75.3 Å². The van der Waals surface area contributed by atoms with Crippen molar-refractivity contribution in [1.29, 1.82) is 0 Å². The van der Waals surface area contributed by atoms with Gasteiger partial charge in [0.2, 0.25) is 5.91 Å². The molecule has 0 radical (unpaired) electrons. The Morgan fingerprint density at radius 2 is 1.78 bits per heavy atom. The van der Waals surface area contributed by atoms with Crippen molar-refractivity contribution in [3.8, 4) is 0 Å². The molecule has 0 bridgehead atoms. The molecule has 1 saturated carbocycles. The lowest BCUT2D eigenvalue weighted by atomic mass is 9.75. The van der Waals surface area contributed by atoms with Crippen LogP contribution in [0.4, 0.5) is 10.5 Å². The first-order valence-corrected chi connectivity index (χ1v) is 18.6. The summed E-state index contributed by atoms with van der Waals surface area (Å²) >= 11 is 6.03. The summed E-state index contributed by atoms with van der Waals surface area (Å²) in [7, 11) is -4.06. The Hall–Kier alpha value is -3.83. The van der Waals surface area contributed by atoms with Gasteiger partial charge in [-0.1, -0.05) is 36.2 Å². The summed E-state index contributed by atoms with van der Waals surface area (Å²) in [6, 6.07) is 12.5. The van der Waals surface area contributed by atoms with Crippen LogP contribution in [0.2, 0.25) is 5.02 Å². The second kappa shape index (κ2) is 14.2. The molecular weight excluding hydrogens is 664 g/mol. The molecule has 1 aliphatic carbocycles. The van der Waals surface area contributed by atoms with E-state index in [1.54, 1.807) is 47.4 Å². The molecule has 3 aliphatic rings. The maximum atomic E-state index is 14.4. The fourth-order valence-electron chi connectivity index (χ4n) is 7.59. The molecule has 2 heterocycles. The maximum absolute atomic E-state index is 14.4. The van der Waals surface area contributed by atoms with Crippen LogP contribution in [0.15, 0.2) is 78.7 Å². The van der Waals surface area contributed by atoms with E-state index in [0.717, 1.165) is 12.8 Å². The molecule has 49 heavy (non-hydrogen) atoms. The monoisotopic (exact) mass is 710 g/mol. The number of carbonyl (C=O) groups excluding carboxylic acids is 3. The van der Waals surface area contributed by atoms with Gasteiger partial charge in [-0.3, -0.25) is 13.9 Å². The van der Waals surface area contributed by atoms with E-state index >= 15 is 0 Å². The third-order valence-corrected chi connectivity index (χ3v) is 11.9. The van der Waals surface area contributed by atoms with Crippen LogP contribution >= 0.6 is 11.6 Å². The van der Waals surface area contributed by atoms with E-state index in [1.807, 2.05) is 25.7 Å². The molecule has 0 aromatic heterocycles. The van der Waals surface area contributed by atoms with Gasteiger partial charge in [-0.2, -0.15) is 0 Å². The number of sulfonamides is 1. The summed E-state index contributed by atoms with van der Waals surface area (Å²) in [6.45, 7) is 14.7. The molecule has 0 spiro atoms. The first kappa shape index (κ1) is 36.5. The van der Waals surface area contributed by atoms with Crippen LogP contribution in [-0.2, 0) is 19.6 Å². The predicted octanol–water partition coefficient (Wildman–Crippen LogP) is 6.43. The number of amides is 3. The quantitative estimate of drug-likeness (QED) is 0.285. The molecule has 3 atom stereocenters. The van der Waals surface area contributed by atoms with Gasteiger partial charge in [0.1, 0.15) is 5.60 Å². The van der Waals surface area contributed by atoms with E-state index in [0.29, 0.717) is 56.0 Å². The molecule has 5 rings (SSSR count). The highest BCUT2D eigenvalue weighted by Gasteiger charge is 2.55. The van der Waals surface area contributed by atoms with Gasteiger partial charge in [0.25, 0.3) is 15.9 Å². The third-order valence-electron chi connectivity index (χ3n) is 9.83. The Bertz CT molecular complexity index is 1710. The zero-order valence-corrected chi connectivity index (χ0v) is 30.2. The Morgan fingerprint density at radius 3 is 2.45 bits per heavy atom. The Balaban J connectivity index is 1.35. The largest absolute Gasteiger partial charge is 0.444 e. The molecule has 3 fully saturated rings. The van der Waals surface area contributed by atoms with E-state index in [4.69, 9.17) is 16.3 Å². The summed E-state index contributed by atoms with van der Waals surface area (Å²) in [5.74, 6) is -0.387. The number of nitrogens with one attached hydrogen (secondary N) is 1. The number of carbonyl (C=O) groups is 3. The lowest BCUT2D eigenvalue weighted by Crippen LogP contribution is -2.56. The Morgan fingerprint density at radius 1 is 1.04 bits per heavy atom. The number of hydrogen-bond acceptors (Lipinski definition) is 6. The summed E-state index contributed by atoms with van der Waals surface area (Å²) in [5, 5.41) is 3.73.